The quantitative estimate of drug-likeness (QED) is 0.146. The SMILES string of the molecule is C=CC(CC)(CCCCOCCCCC(CC)(CC)CCn1c(O)cn(CC)c1=O)Cn1c(O)cn(CC)c1=O. The summed E-state index contributed by atoms with van der Waals surface area (Å²) in [6.45, 7) is 17.9. The third-order valence-corrected chi connectivity index (χ3v) is 9.17. The first-order valence-corrected chi connectivity index (χ1v) is 15.3. The molecule has 0 saturated heterocycles. The zero-order chi connectivity index (χ0) is 29.8. The Morgan fingerprint density at radius 1 is 0.775 bits per heavy atom. The lowest BCUT2D eigenvalue weighted by Gasteiger charge is -2.32. The van der Waals surface area contributed by atoms with Crippen molar-refractivity contribution < 1.29 is 14.9 Å². The Bertz CT molecular complexity index is 1150. The van der Waals surface area contributed by atoms with Crippen molar-refractivity contribution in [1.82, 2.24) is 18.3 Å². The van der Waals surface area contributed by atoms with E-state index in [-0.39, 0.29) is 34.0 Å². The fourth-order valence-corrected chi connectivity index (χ4v) is 5.76. The first kappa shape index (κ1) is 33.5. The van der Waals surface area contributed by atoms with Crippen LogP contribution in [-0.2, 0) is 30.9 Å². The predicted octanol–water partition coefficient (Wildman–Crippen LogP) is 5.90. The highest BCUT2D eigenvalue weighted by Gasteiger charge is 2.28. The van der Waals surface area contributed by atoms with E-state index >= 15 is 0 Å². The molecule has 0 saturated carbocycles. The molecule has 0 fully saturated rings. The van der Waals surface area contributed by atoms with Crippen LogP contribution in [0.4, 0.5) is 0 Å². The van der Waals surface area contributed by atoms with E-state index in [0.717, 1.165) is 70.8 Å². The average molecular weight is 563 g/mol. The summed E-state index contributed by atoms with van der Waals surface area (Å²) in [5.74, 6) is 0.0564. The van der Waals surface area contributed by atoms with Crippen molar-refractivity contribution >= 4 is 0 Å². The molecule has 0 aliphatic heterocycles. The number of aromatic hydroxyl groups is 2. The van der Waals surface area contributed by atoms with Crippen molar-refractivity contribution in [1.29, 1.82) is 0 Å². The summed E-state index contributed by atoms with van der Waals surface area (Å²) >= 11 is 0. The summed E-state index contributed by atoms with van der Waals surface area (Å²) in [7, 11) is 0. The van der Waals surface area contributed by atoms with Crippen molar-refractivity contribution in [3.05, 3.63) is 46.0 Å². The van der Waals surface area contributed by atoms with Crippen LogP contribution in [0, 0.1) is 10.8 Å². The number of rotatable bonds is 21. The lowest BCUT2D eigenvalue weighted by Crippen LogP contribution is -2.31. The number of nitrogens with zero attached hydrogens (tertiary/aromatic N) is 4. The van der Waals surface area contributed by atoms with Crippen LogP contribution in [0.3, 0.4) is 0 Å². The van der Waals surface area contributed by atoms with E-state index in [0.29, 0.717) is 32.8 Å². The van der Waals surface area contributed by atoms with Crippen molar-refractivity contribution in [3.8, 4) is 11.8 Å². The van der Waals surface area contributed by atoms with Crippen molar-refractivity contribution in [2.75, 3.05) is 13.2 Å². The minimum atomic E-state index is -0.244. The second kappa shape index (κ2) is 15.9. The van der Waals surface area contributed by atoms with Gasteiger partial charge in [-0.1, -0.05) is 52.5 Å². The molecule has 0 amide bonds. The van der Waals surface area contributed by atoms with Gasteiger partial charge in [0, 0.05) is 44.8 Å². The first-order valence-electron chi connectivity index (χ1n) is 15.3. The molecule has 9 heteroatoms. The van der Waals surface area contributed by atoms with Crippen LogP contribution in [0.5, 0.6) is 11.8 Å². The van der Waals surface area contributed by atoms with Gasteiger partial charge in [0.25, 0.3) is 0 Å². The van der Waals surface area contributed by atoms with Gasteiger partial charge in [0.2, 0.25) is 11.8 Å². The summed E-state index contributed by atoms with van der Waals surface area (Å²) < 4.78 is 12.0. The molecule has 0 spiro atoms. The van der Waals surface area contributed by atoms with E-state index in [4.69, 9.17) is 4.74 Å². The summed E-state index contributed by atoms with van der Waals surface area (Å²) in [6, 6.07) is 0. The van der Waals surface area contributed by atoms with Crippen molar-refractivity contribution in [2.24, 2.45) is 10.8 Å². The average Bonchev–Trinajstić information content (AvgIpc) is 3.40. The molecule has 2 rings (SSSR count). The van der Waals surface area contributed by atoms with Gasteiger partial charge in [-0.3, -0.25) is 18.3 Å². The van der Waals surface area contributed by atoms with Gasteiger partial charge in [-0.25, -0.2) is 9.59 Å². The third-order valence-electron chi connectivity index (χ3n) is 9.17. The molecule has 0 bridgehead atoms. The molecule has 1 atom stereocenters. The van der Waals surface area contributed by atoms with Crippen LogP contribution in [0.2, 0.25) is 0 Å². The lowest BCUT2D eigenvalue weighted by atomic mass is 9.75. The second-order valence-electron chi connectivity index (χ2n) is 11.3. The van der Waals surface area contributed by atoms with Gasteiger partial charge in [-0.2, -0.15) is 0 Å². The topological polar surface area (TPSA) is 104 Å². The zero-order valence-corrected chi connectivity index (χ0v) is 25.7. The molecule has 2 aromatic heterocycles. The first-order chi connectivity index (χ1) is 19.1. The number of aryl methyl sites for hydroxylation is 2. The number of unbranched alkanes of at least 4 members (excludes halogenated alkanes) is 2. The Hall–Kier alpha value is -2.68. The molecule has 0 radical (unpaired) electrons. The van der Waals surface area contributed by atoms with Crippen LogP contribution in [0.15, 0.2) is 34.6 Å². The monoisotopic (exact) mass is 562 g/mol. The number of hydrogen-bond donors (Lipinski definition) is 2. The van der Waals surface area contributed by atoms with Crippen LogP contribution < -0.4 is 11.4 Å². The van der Waals surface area contributed by atoms with Crippen molar-refractivity contribution in [2.45, 2.75) is 125 Å². The summed E-state index contributed by atoms with van der Waals surface area (Å²) in [4.78, 5) is 25.0. The molecular formula is C31H54N4O5. The second-order valence-corrected chi connectivity index (χ2v) is 11.3. The van der Waals surface area contributed by atoms with E-state index < -0.39 is 0 Å². The third kappa shape index (κ3) is 8.41. The zero-order valence-electron chi connectivity index (χ0n) is 25.7. The number of aromatic nitrogens is 4. The Morgan fingerprint density at radius 2 is 1.30 bits per heavy atom. The molecule has 0 aromatic carbocycles. The number of ether oxygens (including phenoxy) is 1. The maximum absolute atomic E-state index is 12.6. The molecule has 0 aliphatic carbocycles. The number of imidazole rings is 2. The van der Waals surface area contributed by atoms with E-state index in [2.05, 4.69) is 27.4 Å². The van der Waals surface area contributed by atoms with Gasteiger partial charge < -0.3 is 14.9 Å². The largest absolute Gasteiger partial charge is 0.493 e. The van der Waals surface area contributed by atoms with Gasteiger partial charge in [0.05, 0.1) is 12.4 Å². The predicted molar refractivity (Wildman–Crippen MR) is 161 cm³/mol. The minimum Gasteiger partial charge on any atom is -0.493 e. The Kier molecular flexibility index (Phi) is 13.4. The molecule has 1 unspecified atom stereocenters. The van der Waals surface area contributed by atoms with E-state index in [1.807, 2.05) is 19.9 Å². The molecule has 2 aromatic rings. The lowest BCUT2D eigenvalue weighted by molar-refractivity contribution is 0.115. The fraction of sp³-hybridized carbons (Fsp3) is 0.742. The van der Waals surface area contributed by atoms with E-state index in [1.165, 1.54) is 26.1 Å². The van der Waals surface area contributed by atoms with Crippen LogP contribution in [-0.4, -0.2) is 41.7 Å². The molecule has 2 N–H and O–H groups in total. The van der Waals surface area contributed by atoms with Gasteiger partial charge in [-0.15, -0.1) is 6.58 Å². The minimum absolute atomic E-state index is 0.00711. The highest BCUT2D eigenvalue weighted by Crippen LogP contribution is 2.37. The summed E-state index contributed by atoms with van der Waals surface area (Å²) in [5, 5.41) is 20.5. The molecular weight excluding hydrogens is 508 g/mol. The van der Waals surface area contributed by atoms with Crippen LogP contribution >= 0.6 is 0 Å². The summed E-state index contributed by atoms with van der Waals surface area (Å²) in [6.07, 6.45) is 14.7. The molecule has 40 heavy (non-hydrogen) atoms. The van der Waals surface area contributed by atoms with Crippen LogP contribution in [0.1, 0.15) is 98.8 Å². The van der Waals surface area contributed by atoms with E-state index in [9.17, 15) is 19.8 Å². The Labute approximate surface area is 240 Å². The summed E-state index contributed by atoms with van der Waals surface area (Å²) in [5.41, 5.74) is -0.406. The molecule has 228 valence electrons. The van der Waals surface area contributed by atoms with Gasteiger partial charge in [0.1, 0.15) is 0 Å². The fourth-order valence-electron chi connectivity index (χ4n) is 5.76. The van der Waals surface area contributed by atoms with Gasteiger partial charge >= 0.3 is 11.4 Å². The highest BCUT2D eigenvalue weighted by atomic mass is 16.5. The van der Waals surface area contributed by atoms with E-state index in [1.54, 1.807) is 4.57 Å². The molecule has 2 heterocycles. The number of hydrogen-bond acceptors (Lipinski definition) is 5. The normalized spacial score (nSPS) is 13.5. The maximum atomic E-state index is 12.6. The molecule has 9 nitrogen and oxygen atoms in total. The van der Waals surface area contributed by atoms with Crippen LogP contribution in [0.25, 0.3) is 0 Å². The van der Waals surface area contributed by atoms with Gasteiger partial charge in [-0.05, 0) is 57.8 Å². The number of allylic oxidation sites excluding steroid dienone is 1. The standard InChI is InChI=1S/C31H54N4O5/c1-7-30(8-2,19-20-34-26(36)23-32(11-5)28(34)38)17-13-15-21-40-22-16-14-18-31(9-3,10-4)25-35-27(37)24-33(12-6)29(35)39/h9,23-24,36-37H,3,7-8,10-22,25H2,1-2,4-6H3. The van der Waals surface area contributed by atoms with Crippen molar-refractivity contribution in [3.63, 3.8) is 0 Å². The highest BCUT2D eigenvalue weighted by molar-refractivity contribution is 5.08. The molecule has 0 aliphatic rings. The maximum Gasteiger partial charge on any atom is 0.331 e. The Morgan fingerprint density at radius 3 is 1.77 bits per heavy atom. The smallest absolute Gasteiger partial charge is 0.331 e. The Balaban J connectivity index is 1.73. The van der Waals surface area contributed by atoms with Gasteiger partial charge in [0.15, 0.2) is 0 Å².